The van der Waals surface area contributed by atoms with Gasteiger partial charge in [0.05, 0.1) is 22.3 Å². The molecule has 10 heteroatoms. The van der Waals surface area contributed by atoms with Crippen LogP contribution in [0.15, 0.2) is 30.7 Å². The molecule has 0 aliphatic carbocycles. The Balaban J connectivity index is 1.39. The number of ether oxygens (including phenoxy) is 1. The van der Waals surface area contributed by atoms with E-state index in [1.54, 1.807) is 25.4 Å². The summed E-state index contributed by atoms with van der Waals surface area (Å²) in [6.45, 7) is 1.58. The highest BCUT2D eigenvalue weighted by atomic mass is 35.5. The van der Waals surface area contributed by atoms with E-state index in [0.717, 1.165) is 24.0 Å². The second-order valence-electron chi connectivity index (χ2n) is 8.72. The van der Waals surface area contributed by atoms with E-state index < -0.39 is 17.7 Å². The topological polar surface area (TPSA) is 78.0 Å². The van der Waals surface area contributed by atoms with Crippen LogP contribution in [-0.2, 0) is 0 Å². The third-order valence-corrected chi connectivity index (χ3v) is 7.26. The van der Waals surface area contributed by atoms with Crippen molar-refractivity contribution < 1.29 is 13.5 Å². The molecule has 5 rings (SSSR count). The van der Waals surface area contributed by atoms with E-state index in [2.05, 4.69) is 15.4 Å². The first-order valence-electron chi connectivity index (χ1n) is 10.9. The second kappa shape index (κ2) is 8.74. The lowest BCUT2D eigenvalue weighted by molar-refractivity contribution is 0.227. The van der Waals surface area contributed by atoms with Crippen molar-refractivity contribution in [2.45, 2.75) is 56.8 Å². The normalized spacial score (nSPS) is 23.0. The van der Waals surface area contributed by atoms with Crippen LogP contribution in [0, 0.1) is 11.6 Å². The smallest absolute Gasteiger partial charge is 0.166 e. The highest BCUT2D eigenvalue weighted by Crippen LogP contribution is 2.39. The van der Waals surface area contributed by atoms with Gasteiger partial charge >= 0.3 is 0 Å². The Morgan fingerprint density at radius 3 is 2.42 bits per heavy atom. The fourth-order valence-electron chi connectivity index (χ4n) is 4.84. The predicted molar refractivity (Wildman–Crippen MR) is 124 cm³/mol. The number of anilines is 1. The molecule has 2 bridgehead atoms. The first-order chi connectivity index (χ1) is 15.8. The standard InChI is InChI=1S/C23H23Cl2F2N5O/c1-11(20-21(24)17(26)7-18(27)22(20)25)33-19-4-12(8-29-23(19)28)13-9-30-32(10-13)16-5-14-2-3-15(6-16)31-14/h4,7-11,14-16,31H,2-3,5-6H2,1H3,(H2,28,29). The van der Waals surface area contributed by atoms with Gasteiger partial charge in [-0.05, 0) is 38.7 Å². The van der Waals surface area contributed by atoms with E-state index in [1.165, 1.54) is 12.8 Å². The Morgan fingerprint density at radius 1 is 1.09 bits per heavy atom. The van der Waals surface area contributed by atoms with Gasteiger partial charge in [-0.25, -0.2) is 13.8 Å². The van der Waals surface area contributed by atoms with Crippen LogP contribution >= 0.6 is 23.2 Å². The molecule has 0 spiro atoms. The lowest BCUT2D eigenvalue weighted by Crippen LogP contribution is -2.38. The maximum absolute atomic E-state index is 14.0. The maximum Gasteiger partial charge on any atom is 0.166 e. The number of rotatable bonds is 5. The Morgan fingerprint density at radius 2 is 1.76 bits per heavy atom. The first-order valence-corrected chi connectivity index (χ1v) is 11.6. The molecule has 6 nitrogen and oxygen atoms in total. The highest BCUT2D eigenvalue weighted by Gasteiger charge is 2.34. The SMILES string of the molecule is CC(Oc1cc(-c2cnn(C3CC4CCC(C3)N4)c2)cnc1N)c1c(Cl)c(F)cc(F)c1Cl. The summed E-state index contributed by atoms with van der Waals surface area (Å²) in [5.41, 5.74) is 7.65. The minimum atomic E-state index is -0.914. The van der Waals surface area contributed by atoms with Crippen molar-refractivity contribution in [1.29, 1.82) is 0 Å². The van der Waals surface area contributed by atoms with Crippen LogP contribution in [0.4, 0.5) is 14.6 Å². The van der Waals surface area contributed by atoms with Gasteiger partial charge in [0.1, 0.15) is 17.7 Å². The molecule has 0 amide bonds. The van der Waals surface area contributed by atoms with Crippen LogP contribution in [0.3, 0.4) is 0 Å². The van der Waals surface area contributed by atoms with Gasteiger partial charge in [-0.1, -0.05) is 23.2 Å². The Kier molecular flexibility index (Phi) is 5.93. The molecule has 3 unspecified atom stereocenters. The first kappa shape index (κ1) is 22.4. The Hall–Kier alpha value is -2.42. The highest BCUT2D eigenvalue weighted by molar-refractivity contribution is 6.36. The van der Waals surface area contributed by atoms with Crippen molar-refractivity contribution in [2.24, 2.45) is 0 Å². The number of nitrogen functional groups attached to an aromatic ring is 1. The molecular formula is C23H23Cl2F2N5O. The number of pyridine rings is 1. The van der Waals surface area contributed by atoms with E-state index in [0.29, 0.717) is 24.2 Å². The summed E-state index contributed by atoms with van der Waals surface area (Å²) in [6.07, 6.45) is 9.14. The quantitative estimate of drug-likeness (QED) is 0.445. The van der Waals surface area contributed by atoms with Crippen LogP contribution in [0.25, 0.3) is 11.1 Å². The minimum absolute atomic E-state index is 0.00833. The molecule has 2 fully saturated rings. The Labute approximate surface area is 200 Å². The molecule has 2 aliphatic heterocycles. The molecule has 2 aliphatic rings. The van der Waals surface area contributed by atoms with E-state index in [1.807, 2.05) is 10.9 Å². The van der Waals surface area contributed by atoms with E-state index >= 15 is 0 Å². The fraction of sp³-hybridized carbons (Fsp3) is 0.391. The lowest BCUT2D eigenvalue weighted by Gasteiger charge is -2.29. The maximum atomic E-state index is 14.0. The lowest BCUT2D eigenvalue weighted by atomic mass is 10.00. The van der Waals surface area contributed by atoms with Crippen LogP contribution < -0.4 is 15.8 Å². The van der Waals surface area contributed by atoms with Crippen LogP contribution in [0.1, 0.15) is 50.3 Å². The van der Waals surface area contributed by atoms with Gasteiger partial charge in [-0.3, -0.25) is 4.68 Å². The summed E-state index contributed by atoms with van der Waals surface area (Å²) in [5, 5.41) is 7.63. The number of fused-ring (bicyclic) bond motifs is 2. The van der Waals surface area contributed by atoms with Crippen LogP contribution in [-0.4, -0.2) is 26.8 Å². The summed E-state index contributed by atoms with van der Waals surface area (Å²) >= 11 is 12.1. The monoisotopic (exact) mass is 493 g/mol. The van der Waals surface area contributed by atoms with E-state index in [-0.39, 0.29) is 27.2 Å². The number of piperidine rings is 1. The summed E-state index contributed by atoms with van der Waals surface area (Å²) in [4.78, 5) is 4.23. The fourth-order valence-corrected chi connectivity index (χ4v) is 5.49. The molecule has 4 heterocycles. The van der Waals surface area contributed by atoms with Gasteiger partial charge in [0.2, 0.25) is 0 Å². The number of nitrogens with one attached hydrogen (secondary N) is 1. The van der Waals surface area contributed by atoms with Crippen molar-refractivity contribution in [1.82, 2.24) is 20.1 Å². The van der Waals surface area contributed by atoms with Gasteiger partial charge in [0.25, 0.3) is 0 Å². The van der Waals surface area contributed by atoms with Gasteiger partial charge < -0.3 is 15.8 Å². The number of halogens is 4. The number of nitrogens with two attached hydrogens (primary N) is 1. The summed E-state index contributed by atoms with van der Waals surface area (Å²) in [7, 11) is 0. The second-order valence-corrected chi connectivity index (χ2v) is 9.48. The van der Waals surface area contributed by atoms with Crippen molar-refractivity contribution in [3.05, 3.63) is 58.0 Å². The number of hydrogen-bond acceptors (Lipinski definition) is 5. The molecule has 3 atom stereocenters. The van der Waals surface area contributed by atoms with Crippen molar-refractivity contribution >= 4 is 29.0 Å². The number of hydrogen-bond donors (Lipinski definition) is 2. The van der Waals surface area contributed by atoms with E-state index in [9.17, 15) is 8.78 Å². The number of nitrogens with zero attached hydrogens (tertiary/aromatic N) is 3. The number of benzene rings is 1. The number of aromatic nitrogens is 3. The largest absolute Gasteiger partial charge is 0.482 e. The molecular weight excluding hydrogens is 471 g/mol. The molecule has 0 saturated carbocycles. The summed E-state index contributed by atoms with van der Waals surface area (Å²) in [6, 6.07) is 3.86. The molecule has 2 aromatic heterocycles. The summed E-state index contributed by atoms with van der Waals surface area (Å²) in [5.74, 6) is -1.44. The predicted octanol–water partition coefficient (Wildman–Crippen LogP) is 5.71. The Bertz CT molecular complexity index is 1170. The van der Waals surface area contributed by atoms with Gasteiger partial charge in [0, 0.05) is 47.2 Å². The van der Waals surface area contributed by atoms with Gasteiger partial charge in [-0.2, -0.15) is 5.10 Å². The van der Waals surface area contributed by atoms with Gasteiger partial charge in [0.15, 0.2) is 11.6 Å². The zero-order valence-electron chi connectivity index (χ0n) is 17.9. The average molecular weight is 494 g/mol. The van der Waals surface area contributed by atoms with E-state index in [4.69, 9.17) is 33.7 Å². The molecule has 1 aromatic carbocycles. The van der Waals surface area contributed by atoms with Crippen LogP contribution in [0.2, 0.25) is 10.0 Å². The van der Waals surface area contributed by atoms with Crippen molar-refractivity contribution in [3.63, 3.8) is 0 Å². The van der Waals surface area contributed by atoms with Crippen LogP contribution in [0.5, 0.6) is 5.75 Å². The molecule has 3 aromatic rings. The third kappa shape index (κ3) is 4.27. The average Bonchev–Trinajstić information content (AvgIpc) is 3.40. The third-order valence-electron chi connectivity index (χ3n) is 6.49. The molecule has 2 saturated heterocycles. The zero-order chi connectivity index (χ0) is 23.3. The summed E-state index contributed by atoms with van der Waals surface area (Å²) < 4.78 is 35.8. The molecule has 3 N–H and O–H groups in total. The van der Waals surface area contributed by atoms with Gasteiger partial charge in [-0.15, -0.1) is 0 Å². The zero-order valence-corrected chi connectivity index (χ0v) is 19.4. The van der Waals surface area contributed by atoms with Crippen molar-refractivity contribution in [3.8, 4) is 16.9 Å². The molecule has 0 radical (unpaired) electrons. The van der Waals surface area contributed by atoms with Crippen molar-refractivity contribution in [2.75, 3.05) is 5.73 Å². The minimum Gasteiger partial charge on any atom is -0.482 e. The molecule has 174 valence electrons. The molecule has 33 heavy (non-hydrogen) atoms.